The van der Waals surface area contributed by atoms with Crippen molar-refractivity contribution in [1.82, 2.24) is 9.78 Å². The average Bonchev–Trinajstić information content (AvgIpc) is 2.78. The molecule has 0 bridgehead atoms. The van der Waals surface area contributed by atoms with Crippen molar-refractivity contribution in [3.63, 3.8) is 0 Å². The highest BCUT2D eigenvalue weighted by Crippen LogP contribution is 2.18. The second kappa shape index (κ2) is 5.44. The number of Topliss-reactive ketones (excluding diaryl/α,β-unsaturated/α-hetero) is 1. The fourth-order valence-electron chi connectivity index (χ4n) is 1.77. The van der Waals surface area contributed by atoms with Gasteiger partial charge in [-0.1, -0.05) is 37.3 Å². The van der Waals surface area contributed by atoms with Gasteiger partial charge in [0.15, 0.2) is 5.78 Å². The lowest BCUT2D eigenvalue weighted by atomic mass is 10.0. The standard InChI is InChI=1S/C13H13IN2O/c1-2-12(16-9-11(14)8-15-16)13(17)10-6-4-3-5-7-10/h3-9,12H,2H2,1H3. The van der Waals surface area contributed by atoms with Crippen LogP contribution in [-0.4, -0.2) is 15.6 Å². The molecule has 2 rings (SSSR count). The molecule has 4 heteroatoms. The smallest absolute Gasteiger partial charge is 0.187 e. The molecule has 17 heavy (non-hydrogen) atoms. The minimum atomic E-state index is -0.207. The Morgan fingerprint density at radius 3 is 2.65 bits per heavy atom. The van der Waals surface area contributed by atoms with Gasteiger partial charge in [-0.25, -0.2) is 0 Å². The number of carbonyl (C=O) groups excluding carboxylic acids is 1. The van der Waals surface area contributed by atoms with Gasteiger partial charge in [0.25, 0.3) is 0 Å². The van der Waals surface area contributed by atoms with E-state index < -0.39 is 0 Å². The summed E-state index contributed by atoms with van der Waals surface area (Å²) in [5.74, 6) is 0.118. The van der Waals surface area contributed by atoms with E-state index in [-0.39, 0.29) is 11.8 Å². The molecule has 1 unspecified atom stereocenters. The zero-order valence-corrected chi connectivity index (χ0v) is 11.7. The first-order valence-corrected chi connectivity index (χ1v) is 6.59. The van der Waals surface area contributed by atoms with Gasteiger partial charge >= 0.3 is 0 Å². The van der Waals surface area contributed by atoms with E-state index in [9.17, 15) is 4.79 Å². The molecule has 1 heterocycles. The lowest BCUT2D eigenvalue weighted by molar-refractivity contribution is 0.0914. The van der Waals surface area contributed by atoms with Gasteiger partial charge in [0.05, 0.1) is 9.77 Å². The normalized spacial score (nSPS) is 12.4. The van der Waals surface area contributed by atoms with Crippen LogP contribution in [0.4, 0.5) is 0 Å². The van der Waals surface area contributed by atoms with Crippen LogP contribution >= 0.6 is 22.6 Å². The number of hydrogen-bond donors (Lipinski definition) is 0. The van der Waals surface area contributed by atoms with Crippen LogP contribution in [0, 0.1) is 3.57 Å². The van der Waals surface area contributed by atoms with Crippen LogP contribution < -0.4 is 0 Å². The average molecular weight is 340 g/mol. The molecule has 0 radical (unpaired) electrons. The highest BCUT2D eigenvalue weighted by atomic mass is 127. The molecule has 0 fully saturated rings. The number of ketones is 1. The Morgan fingerprint density at radius 2 is 2.12 bits per heavy atom. The zero-order chi connectivity index (χ0) is 12.3. The topological polar surface area (TPSA) is 34.9 Å². The number of nitrogens with zero attached hydrogens (tertiary/aromatic N) is 2. The van der Waals surface area contributed by atoms with Gasteiger partial charge < -0.3 is 0 Å². The van der Waals surface area contributed by atoms with Crippen molar-refractivity contribution >= 4 is 28.4 Å². The van der Waals surface area contributed by atoms with Gasteiger partial charge in [-0.2, -0.15) is 5.10 Å². The summed E-state index contributed by atoms with van der Waals surface area (Å²) in [5.41, 5.74) is 0.741. The lowest BCUT2D eigenvalue weighted by Crippen LogP contribution is -2.19. The fourth-order valence-corrected chi connectivity index (χ4v) is 2.18. The molecule has 0 aliphatic carbocycles. The van der Waals surface area contributed by atoms with E-state index in [0.29, 0.717) is 0 Å². The molecule has 0 amide bonds. The molecular formula is C13H13IN2O. The second-order valence-electron chi connectivity index (χ2n) is 3.79. The van der Waals surface area contributed by atoms with Gasteiger partial charge in [-0.05, 0) is 29.0 Å². The van der Waals surface area contributed by atoms with Crippen LogP contribution in [0.5, 0.6) is 0 Å². The van der Waals surface area contributed by atoms with Crippen molar-refractivity contribution in [2.24, 2.45) is 0 Å². The first-order chi connectivity index (χ1) is 8.22. The summed E-state index contributed by atoms with van der Waals surface area (Å²) in [7, 11) is 0. The summed E-state index contributed by atoms with van der Waals surface area (Å²) in [5, 5.41) is 4.22. The Hall–Kier alpha value is -1.17. The fraction of sp³-hybridized carbons (Fsp3) is 0.231. The third-order valence-corrected chi connectivity index (χ3v) is 3.19. The summed E-state index contributed by atoms with van der Waals surface area (Å²) in [6, 6.07) is 9.16. The third kappa shape index (κ3) is 2.74. The third-order valence-electron chi connectivity index (χ3n) is 2.64. The lowest BCUT2D eigenvalue weighted by Gasteiger charge is -2.14. The van der Waals surface area contributed by atoms with E-state index >= 15 is 0 Å². The summed E-state index contributed by atoms with van der Waals surface area (Å²) in [6.07, 6.45) is 4.41. The van der Waals surface area contributed by atoms with Crippen molar-refractivity contribution in [3.05, 3.63) is 51.9 Å². The van der Waals surface area contributed by atoms with Crippen LogP contribution in [0.1, 0.15) is 29.7 Å². The Balaban J connectivity index is 2.28. The van der Waals surface area contributed by atoms with Gasteiger partial charge in [0.2, 0.25) is 0 Å². The highest BCUT2D eigenvalue weighted by molar-refractivity contribution is 14.1. The first kappa shape index (κ1) is 12.3. The second-order valence-corrected chi connectivity index (χ2v) is 5.04. The van der Waals surface area contributed by atoms with Crippen LogP contribution in [0.15, 0.2) is 42.7 Å². The molecule has 1 atom stereocenters. The number of carbonyl (C=O) groups is 1. The Labute approximate surface area is 114 Å². The predicted octanol–water partition coefficient (Wildman–Crippen LogP) is 3.32. The molecule has 1 aromatic carbocycles. The minimum Gasteiger partial charge on any atom is -0.292 e. The monoisotopic (exact) mass is 340 g/mol. The number of hydrogen-bond acceptors (Lipinski definition) is 2. The van der Waals surface area contributed by atoms with E-state index in [1.165, 1.54) is 0 Å². The number of aromatic nitrogens is 2. The summed E-state index contributed by atoms with van der Waals surface area (Å²) in [6.45, 7) is 2.00. The van der Waals surface area contributed by atoms with Gasteiger partial charge in [0.1, 0.15) is 6.04 Å². The van der Waals surface area contributed by atoms with E-state index in [2.05, 4.69) is 27.7 Å². The van der Waals surface area contributed by atoms with Crippen LogP contribution in [-0.2, 0) is 0 Å². The van der Waals surface area contributed by atoms with Crippen molar-refractivity contribution in [2.45, 2.75) is 19.4 Å². The molecule has 88 valence electrons. The molecular weight excluding hydrogens is 327 g/mol. The SMILES string of the molecule is CCC(C(=O)c1ccccc1)n1cc(I)cn1. The molecule has 0 saturated carbocycles. The number of rotatable bonds is 4. The van der Waals surface area contributed by atoms with Crippen molar-refractivity contribution in [1.29, 1.82) is 0 Å². The molecule has 0 N–H and O–H groups in total. The summed E-state index contributed by atoms with van der Waals surface area (Å²) >= 11 is 2.19. The predicted molar refractivity (Wildman–Crippen MR) is 75.0 cm³/mol. The molecule has 0 aliphatic rings. The van der Waals surface area contributed by atoms with Crippen LogP contribution in [0.3, 0.4) is 0 Å². The molecule has 0 saturated heterocycles. The zero-order valence-electron chi connectivity index (χ0n) is 9.51. The largest absolute Gasteiger partial charge is 0.292 e. The van der Waals surface area contributed by atoms with Crippen molar-refractivity contribution in [2.75, 3.05) is 0 Å². The van der Waals surface area contributed by atoms with E-state index in [4.69, 9.17) is 0 Å². The highest BCUT2D eigenvalue weighted by Gasteiger charge is 2.20. The quantitative estimate of drug-likeness (QED) is 0.632. The first-order valence-electron chi connectivity index (χ1n) is 5.51. The van der Waals surface area contributed by atoms with Gasteiger partial charge in [-0.3, -0.25) is 9.48 Å². The molecule has 3 nitrogen and oxygen atoms in total. The molecule has 0 spiro atoms. The molecule has 0 aliphatic heterocycles. The van der Waals surface area contributed by atoms with Crippen molar-refractivity contribution in [3.8, 4) is 0 Å². The Kier molecular flexibility index (Phi) is 3.93. The maximum Gasteiger partial charge on any atom is 0.187 e. The van der Waals surface area contributed by atoms with E-state index in [1.807, 2.05) is 43.5 Å². The minimum absolute atomic E-state index is 0.118. The van der Waals surface area contributed by atoms with Crippen LogP contribution in [0.2, 0.25) is 0 Å². The summed E-state index contributed by atoms with van der Waals surface area (Å²) < 4.78 is 2.79. The van der Waals surface area contributed by atoms with E-state index in [1.54, 1.807) is 10.9 Å². The van der Waals surface area contributed by atoms with Crippen LogP contribution in [0.25, 0.3) is 0 Å². The Morgan fingerprint density at radius 1 is 1.41 bits per heavy atom. The summed E-state index contributed by atoms with van der Waals surface area (Å²) in [4.78, 5) is 12.3. The number of benzene rings is 1. The van der Waals surface area contributed by atoms with Crippen molar-refractivity contribution < 1.29 is 4.79 Å². The molecule has 2 aromatic rings. The molecule has 1 aromatic heterocycles. The Bertz CT molecular complexity index is 507. The van der Waals surface area contributed by atoms with Gasteiger partial charge in [-0.15, -0.1) is 0 Å². The maximum atomic E-state index is 12.3. The van der Waals surface area contributed by atoms with E-state index in [0.717, 1.165) is 15.6 Å². The maximum absolute atomic E-state index is 12.3. The number of halogens is 1. The van der Waals surface area contributed by atoms with Gasteiger partial charge in [0, 0.05) is 11.8 Å².